The average molecular weight is 220 g/mol. The normalized spacial score (nSPS) is 48.7. The molecule has 1 heterocycles. The van der Waals surface area contributed by atoms with Crippen molar-refractivity contribution in [3.63, 3.8) is 0 Å². The quantitative estimate of drug-likeness (QED) is 0.743. The zero-order chi connectivity index (χ0) is 10.9. The fraction of sp³-hybridized carbons (Fsp3) is 0.923. The van der Waals surface area contributed by atoms with Crippen molar-refractivity contribution in [3.8, 4) is 0 Å². The lowest BCUT2D eigenvalue weighted by molar-refractivity contribution is -0.135. The maximum absolute atomic E-state index is 12.4. The highest BCUT2D eigenvalue weighted by Gasteiger charge is 2.68. The zero-order valence-electron chi connectivity index (χ0n) is 9.86. The Morgan fingerprint density at radius 2 is 1.81 bits per heavy atom. The van der Waals surface area contributed by atoms with Gasteiger partial charge in [-0.1, -0.05) is 0 Å². The van der Waals surface area contributed by atoms with Gasteiger partial charge >= 0.3 is 0 Å². The summed E-state index contributed by atoms with van der Waals surface area (Å²) in [6.45, 7) is 1.99. The largest absolute Gasteiger partial charge is 0.340 e. The van der Waals surface area contributed by atoms with Crippen molar-refractivity contribution in [3.05, 3.63) is 0 Å². The van der Waals surface area contributed by atoms with Crippen LogP contribution in [0.2, 0.25) is 0 Å². The van der Waals surface area contributed by atoms with Crippen LogP contribution in [0.15, 0.2) is 0 Å². The number of carbonyl (C=O) groups excluding carboxylic acids is 1. The molecule has 3 aliphatic carbocycles. The standard InChI is InChI=1S/C13H20N2O/c1-15(9-5-14-6-9)13(16)12-10-7-2-3-8(4-7)11(10)12/h7-12,14H,2-6H2,1H3. The molecule has 1 saturated heterocycles. The Labute approximate surface area is 96.6 Å². The molecule has 3 nitrogen and oxygen atoms in total. The minimum atomic E-state index is 0.428. The molecule has 0 aromatic heterocycles. The summed E-state index contributed by atoms with van der Waals surface area (Å²) in [6, 6.07) is 0.478. The molecule has 3 saturated carbocycles. The topological polar surface area (TPSA) is 32.3 Å². The SMILES string of the molecule is CN(C(=O)C1C2C3CCC(C3)C12)C1CNC1. The number of hydrogen-bond acceptors (Lipinski definition) is 2. The monoisotopic (exact) mass is 220 g/mol. The first-order valence-corrected chi connectivity index (χ1v) is 6.75. The molecule has 1 N–H and O–H groups in total. The Morgan fingerprint density at radius 1 is 1.19 bits per heavy atom. The molecule has 4 atom stereocenters. The summed E-state index contributed by atoms with van der Waals surface area (Å²) in [5.74, 6) is 4.30. The van der Waals surface area contributed by atoms with Crippen LogP contribution in [0, 0.1) is 29.6 Å². The van der Waals surface area contributed by atoms with Crippen molar-refractivity contribution in [1.29, 1.82) is 0 Å². The summed E-state index contributed by atoms with van der Waals surface area (Å²) < 4.78 is 0. The molecule has 16 heavy (non-hydrogen) atoms. The van der Waals surface area contributed by atoms with Crippen LogP contribution in [0.4, 0.5) is 0 Å². The maximum Gasteiger partial charge on any atom is 0.226 e. The van der Waals surface area contributed by atoms with Crippen molar-refractivity contribution in [2.24, 2.45) is 29.6 Å². The molecule has 0 aromatic rings. The van der Waals surface area contributed by atoms with Gasteiger partial charge < -0.3 is 10.2 Å². The number of hydrogen-bond donors (Lipinski definition) is 1. The van der Waals surface area contributed by atoms with Crippen molar-refractivity contribution in [2.75, 3.05) is 20.1 Å². The van der Waals surface area contributed by atoms with E-state index >= 15 is 0 Å². The van der Waals surface area contributed by atoms with E-state index in [9.17, 15) is 4.79 Å². The second kappa shape index (κ2) is 3.00. The average Bonchev–Trinajstić information content (AvgIpc) is 2.62. The Morgan fingerprint density at radius 3 is 2.31 bits per heavy atom. The number of nitrogens with zero attached hydrogens (tertiary/aromatic N) is 1. The molecule has 1 amide bonds. The third kappa shape index (κ3) is 1.05. The summed E-state index contributed by atoms with van der Waals surface area (Å²) in [7, 11) is 2.00. The maximum atomic E-state index is 12.4. The van der Waals surface area contributed by atoms with Gasteiger partial charge in [-0.15, -0.1) is 0 Å². The van der Waals surface area contributed by atoms with Crippen LogP contribution >= 0.6 is 0 Å². The van der Waals surface area contributed by atoms with Crippen molar-refractivity contribution in [2.45, 2.75) is 25.3 Å². The van der Waals surface area contributed by atoms with Gasteiger partial charge in [0.05, 0.1) is 6.04 Å². The number of amides is 1. The van der Waals surface area contributed by atoms with Gasteiger partial charge in [0.2, 0.25) is 5.91 Å². The van der Waals surface area contributed by atoms with Crippen LogP contribution < -0.4 is 5.32 Å². The van der Waals surface area contributed by atoms with E-state index in [1.54, 1.807) is 0 Å². The molecule has 4 rings (SSSR count). The summed E-state index contributed by atoms with van der Waals surface area (Å²) in [4.78, 5) is 14.4. The molecule has 0 spiro atoms. The smallest absolute Gasteiger partial charge is 0.226 e. The molecule has 4 fully saturated rings. The Hall–Kier alpha value is -0.570. The molecule has 0 radical (unpaired) electrons. The van der Waals surface area contributed by atoms with Crippen LogP contribution in [-0.2, 0) is 4.79 Å². The highest BCUT2D eigenvalue weighted by Crippen LogP contribution is 2.69. The Kier molecular flexibility index (Phi) is 1.78. The van der Waals surface area contributed by atoms with E-state index in [0.29, 0.717) is 17.9 Å². The predicted molar refractivity (Wildman–Crippen MR) is 60.7 cm³/mol. The lowest BCUT2D eigenvalue weighted by Gasteiger charge is -2.36. The number of fused-ring (bicyclic) bond motifs is 5. The molecule has 0 aromatic carbocycles. The van der Waals surface area contributed by atoms with Crippen LogP contribution in [0.25, 0.3) is 0 Å². The van der Waals surface area contributed by atoms with Crippen molar-refractivity contribution < 1.29 is 4.79 Å². The van der Waals surface area contributed by atoms with E-state index in [4.69, 9.17) is 0 Å². The summed E-state index contributed by atoms with van der Waals surface area (Å²) in [5, 5.41) is 3.24. The molecule has 1 aliphatic heterocycles. The Balaban J connectivity index is 1.46. The molecular weight excluding hydrogens is 200 g/mol. The van der Waals surface area contributed by atoms with Gasteiger partial charge in [0.15, 0.2) is 0 Å². The Bertz CT molecular complexity index is 323. The second-order valence-corrected chi connectivity index (χ2v) is 6.27. The van der Waals surface area contributed by atoms with Gasteiger partial charge in [0, 0.05) is 26.1 Å². The van der Waals surface area contributed by atoms with Crippen LogP contribution in [-0.4, -0.2) is 37.0 Å². The summed E-state index contributed by atoms with van der Waals surface area (Å²) in [5.41, 5.74) is 0. The van der Waals surface area contributed by atoms with Gasteiger partial charge in [-0.25, -0.2) is 0 Å². The number of nitrogens with one attached hydrogen (secondary N) is 1. The van der Waals surface area contributed by atoms with Gasteiger partial charge in [-0.2, -0.15) is 0 Å². The summed E-state index contributed by atoms with van der Waals surface area (Å²) in [6.07, 6.45) is 4.25. The van der Waals surface area contributed by atoms with Gasteiger partial charge in [0.25, 0.3) is 0 Å². The molecule has 3 heteroatoms. The molecule has 88 valence electrons. The molecular formula is C13H20N2O. The van der Waals surface area contributed by atoms with E-state index in [0.717, 1.165) is 36.8 Å². The van der Waals surface area contributed by atoms with Crippen molar-refractivity contribution in [1.82, 2.24) is 10.2 Å². The molecule has 4 aliphatic rings. The predicted octanol–water partition coefficient (Wildman–Crippen LogP) is 0.709. The number of rotatable bonds is 2. The number of likely N-dealkylation sites (N-methyl/N-ethyl adjacent to an activating group) is 1. The fourth-order valence-electron chi connectivity index (χ4n) is 4.62. The molecule has 4 unspecified atom stereocenters. The third-order valence-electron chi connectivity index (χ3n) is 5.68. The first-order chi connectivity index (χ1) is 7.77. The highest BCUT2D eigenvalue weighted by molar-refractivity contribution is 5.83. The van der Waals surface area contributed by atoms with Crippen LogP contribution in [0.3, 0.4) is 0 Å². The van der Waals surface area contributed by atoms with Crippen molar-refractivity contribution >= 4 is 5.91 Å². The van der Waals surface area contributed by atoms with E-state index in [2.05, 4.69) is 5.32 Å². The minimum absolute atomic E-state index is 0.428. The van der Waals surface area contributed by atoms with E-state index in [-0.39, 0.29) is 0 Å². The van der Waals surface area contributed by atoms with E-state index in [1.807, 2.05) is 11.9 Å². The fourth-order valence-corrected chi connectivity index (χ4v) is 4.62. The lowest BCUT2D eigenvalue weighted by atomic mass is 10.0. The van der Waals surface area contributed by atoms with Gasteiger partial charge in [0.1, 0.15) is 0 Å². The van der Waals surface area contributed by atoms with E-state index in [1.165, 1.54) is 19.3 Å². The van der Waals surface area contributed by atoms with Gasteiger partial charge in [-0.3, -0.25) is 4.79 Å². The third-order valence-corrected chi connectivity index (χ3v) is 5.68. The first kappa shape index (κ1) is 9.46. The van der Waals surface area contributed by atoms with Gasteiger partial charge in [-0.05, 0) is 42.9 Å². The first-order valence-electron chi connectivity index (χ1n) is 6.75. The minimum Gasteiger partial charge on any atom is -0.340 e. The molecule has 2 bridgehead atoms. The van der Waals surface area contributed by atoms with E-state index < -0.39 is 0 Å². The lowest BCUT2D eigenvalue weighted by Crippen LogP contribution is -2.58. The van der Waals surface area contributed by atoms with Crippen LogP contribution in [0.1, 0.15) is 19.3 Å². The second-order valence-electron chi connectivity index (χ2n) is 6.27. The summed E-state index contributed by atoms with van der Waals surface area (Å²) >= 11 is 0. The highest BCUT2D eigenvalue weighted by atomic mass is 16.2. The van der Waals surface area contributed by atoms with Crippen LogP contribution in [0.5, 0.6) is 0 Å². The number of carbonyl (C=O) groups is 1. The zero-order valence-corrected chi connectivity index (χ0v) is 9.86.